The molecule has 2 nitrogen and oxygen atoms in total. The van der Waals surface area contributed by atoms with Crippen LogP contribution in [0.4, 0.5) is 0 Å². The van der Waals surface area contributed by atoms with Gasteiger partial charge in [-0.2, -0.15) is 0 Å². The van der Waals surface area contributed by atoms with Crippen LogP contribution in [-0.4, -0.2) is 11.5 Å². The maximum absolute atomic E-state index is 5.46. The maximum Gasteiger partial charge on any atom is 0.0785 e. The molecule has 0 radical (unpaired) electrons. The van der Waals surface area contributed by atoms with Gasteiger partial charge in [-0.1, -0.05) is 40.2 Å². The summed E-state index contributed by atoms with van der Waals surface area (Å²) < 4.78 is 1.08. The van der Waals surface area contributed by atoms with E-state index < -0.39 is 0 Å². The number of hydrogen-bond donors (Lipinski definition) is 1. The third kappa shape index (κ3) is 2.31. The fraction of sp³-hybridized carbons (Fsp3) is 0.154. The number of aromatic nitrogens is 1. The van der Waals surface area contributed by atoms with Crippen molar-refractivity contribution in [2.75, 3.05) is 6.54 Å². The van der Waals surface area contributed by atoms with E-state index in [1.807, 2.05) is 18.3 Å². The van der Waals surface area contributed by atoms with Crippen LogP contribution in [0.25, 0.3) is 17.0 Å². The van der Waals surface area contributed by atoms with Crippen LogP contribution in [0.2, 0.25) is 0 Å². The van der Waals surface area contributed by atoms with E-state index in [1.54, 1.807) is 0 Å². The van der Waals surface area contributed by atoms with E-state index in [0.717, 1.165) is 27.4 Å². The van der Waals surface area contributed by atoms with Crippen LogP contribution in [0.1, 0.15) is 12.0 Å². The van der Waals surface area contributed by atoms with E-state index in [1.165, 1.54) is 0 Å². The maximum atomic E-state index is 5.46. The molecule has 1 heterocycles. The summed E-state index contributed by atoms with van der Waals surface area (Å²) in [5.74, 6) is 0. The molecule has 0 unspecified atom stereocenters. The van der Waals surface area contributed by atoms with E-state index in [4.69, 9.17) is 5.73 Å². The molecule has 2 aromatic rings. The van der Waals surface area contributed by atoms with Gasteiger partial charge in [-0.25, -0.2) is 0 Å². The fourth-order valence-electron chi connectivity index (χ4n) is 1.60. The molecule has 0 fully saturated rings. The molecule has 16 heavy (non-hydrogen) atoms. The quantitative estimate of drug-likeness (QED) is 0.934. The summed E-state index contributed by atoms with van der Waals surface area (Å²) in [5.41, 5.74) is 7.61. The molecule has 0 aliphatic carbocycles. The summed E-state index contributed by atoms with van der Waals surface area (Å²) >= 11 is 3.53. The molecule has 0 saturated carbocycles. The number of benzene rings is 1. The largest absolute Gasteiger partial charge is 0.330 e. The highest BCUT2D eigenvalue weighted by molar-refractivity contribution is 9.10. The minimum Gasteiger partial charge on any atom is -0.330 e. The SMILES string of the molecule is NCC/C=C/c1ccc(Br)c2cccnc12. The first-order valence-corrected chi connectivity index (χ1v) is 6.02. The third-order valence-electron chi connectivity index (χ3n) is 2.38. The van der Waals surface area contributed by atoms with E-state index in [2.05, 4.69) is 45.2 Å². The van der Waals surface area contributed by atoms with Gasteiger partial charge >= 0.3 is 0 Å². The summed E-state index contributed by atoms with van der Waals surface area (Å²) in [5, 5.41) is 1.14. The first-order valence-electron chi connectivity index (χ1n) is 5.23. The van der Waals surface area contributed by atoms with E-state index in [-0.39, 0.29) is 0 Å². The van der Waals surface area contributed by atoms with Gasteiger partial charge in [-0.05, 0) is 25.1 Å². The Labute approximate surface area is 103 Å². The highest BCUT2D eigenvalue weighted by Crippen LogP contribution is 2.25. The standard InChI is InChI=1S/C13H13BrN2/c14-12-7-6-10(4-1-2-8-15)13-11(12)5-3-9-16-13/h1,3-7,9H,2,8,15H2/b4-1+. The number of rotatable bonds is 3. The Morgan fingerprint density at radius 3 is 3.00 bits per heavy atom. The number of halogens is 1. The lowest BCUT2D eigenvalue weighted by atomic mass is 10.1. The molecule has 0 saturated heterocycles. The van der Waals surface area contributed by atoms with Crippen LogP contribution in [0, 0.1) is 0 Å². The van der Waals surface area contributed by atoms with Crippen molar-refractivity contribution >= 4 is 32.9 Å². The molecule has 0 aliphatic rings. The molecule has 82 valence electrons. The van der Waals surface area contributed by atoms with Gasteiger partial charge in [0.25, 0.3) is 0 Å². The zero-order chi connectivity index (χ0) is 11.4. The predicted molar refractivity (Wildman–Crippen MR) is 72.1 cm³/mol. The second-order valence-corrected chi connectivity index (χ2v) is 4.37. The van der Waals surface area contributed by atoms with Crippen LogP contribution in [-0.2, 0) is 0 Å². The van der Waals surface area contributed by atoms with Crippen LogP contribution in [0.15, 0.2) is 41.0 Å². The zero-order valence-corrected chi connectivity index (χ0v) is 10.4. The van der Waals surface area contributed by atoms with Crippen molar-refractivity contribution in [2.24, 2.45) is 5.73 Å². The van der Waals surface area contributed by atoms with Gasteiger partial charge in [-0.15, -0.1) is 0 Å². The van der Waals surface area contributed by atoms with Crippen molar-refractivity contribution in [3.8, 4) is 0 Å². The molecule has 2 rings (SSSR count). The van der Waals surface area contributed by atoms with Gasteiger partial charge in [0, 0.05) is 21.6 Å². The predicted octanol–water partition coefficient (Wildman–Crippen LogP) is 3.36. The Balaban J connectivity index is 2.50. The van der Waals surface area contributed by atoms with Gasteiger partial charge in [0.15, 0.2) is 0 Å². The third-order valence-corrected chi connectivity index (χ3v) is 3.07. The average molecular weight is 277 g/mol. The molecule has 0 aliphatic heterocycles. The van der Waals surface area contributed by atoms with E-state index in [9.17, 15) is 0 Å². The summed E-state index contributed by atoms with van der Waals surface area (Å²) in [7, 11) is 0. The van der Waals surface area contributed by atoms with E-state index >= 15 is 0 Å². The van der Waals surface area contributed by atoms with Crippen molar-refractivity contribution in [1.29, 1.82) is 0 Å². The van der Waals surface area contributed by atoms with Gasteiger partial charge in [-0.3, -0.25) is 4.98 Å². The first kappa shape index (κ1) is 11.3. The molecule has 0 bridgehead atoms. The molecule has 2 N–H and O–H groups in total. The summed E-state index contributed by atoms with van der Waals surface area (Å²) in [6.45, 7) is 0.679. The van der Waals surface area contributed by atoms with Crippen molar-refractivity contribution in [3.63, 3.8) is 0 Å². The molecule has 1 aromatic carbocycles. The minimum absolute atomic E-state index is 0.679. The van der Waals surface area contributed by atoms with Gasteiger partial charge in [0.1, 0.15) is 0 Å². The zero-order valence-electron chi connectivity index (χ0n) is 8.86. The number of pyridine rings is 1. The lowest BCUT2D eigenvalue weighted by Gasteiger charge is -2.03. The van der Waals surface area contributed by atoms with Crippen molar-refractivity contribution < 1.29 is 0 Å². The second-order valence-electron chi connectivity index (χ2n) is 3.52. The summed E-state index contributed by atoms with van der Waals surface area (Å²) in [6.07, 6.45) is 6.87. The van der Waals surface area contributed by atoms with Crippen LogP contribution in [0.5, 0.6) is 0 Å². The molecular weight excluding hydrogens is 264 g/mol. The monoisotopic (exact) mass is 276 g/mol. The Morgan fingerprint density at radius 1 is 1.31 bits per heavy atom. The molecular formula is C13H13BrN2. The Morgan fingerprint density at radius 2 is 2.19 bits per heavy atom. The summed E-state index contributed by atoms with van der Waals surface area (Å²) in [6, 6.07) is 8.12. The van der Waals surface area contributed by atoms with Crippen molar-refractivity contribution in [3.05, 3.63) is 46.6 Å². The lowest BCUT2D eigenvalue weighted by molar-refractivity contribution is 1.01. The lowest BCUT2D eigenvalue weighted by Crippen LogP contribution is -1.95. The number of fused-ring (bicyclic) bond motifs is 1. The normalized spacial score (nSPS) is 11.4. The second kappa shape index (κ2) is 5.23. The average Bonchev–Trinajstić information content (AvgIpc) is 2.33. The molecule has 0 amide bonds. The first-order chi connectivity index (χ1) is 7.83. The fourth-order valence-corrected chi connectivity index (χ4v) is 2.05. The summed E-state index contributed by atoms with van der Waals surface area (Å²) in [4.78, 5) is 4.41. The van der Waals surface area contributed by atoms with E-state index in [0.29, 0.717) is 6.54 Å². The minimum atomic E-state index is 0.679. The van der Waals surface area contributed by atoms with Crippen LogP contribution >= 0.6 is 15.9 Å². The number of hydrogen-bond acceptors (Lipinski definition) is 2. The highest BCUT2D eigenvalue weighted by atomic mass is 79.9. The Hall–Kier alpha value is -1.19. The van der Waals surface area contributed by atoms with Gasteiger partial charge in [0.2, 0.25) is 0 Å². The Bertz CT molecular complexity index is 520. The van der Waals surface area contributed by atoms with Crippen LogP contribution < -0.4 is 5.73 Å². The van der Waals surface area contributed by atoms with Crippen molar-refractivity contribution in [2.45, 2.75) is 6.42 Å². The topological polar surface area (TPSA) is 38.9 Å². The number of nitrogens with zero attached hydrogens (tertiary/aromatic N) is 1. The number of nitrogens with two attached hydrogens (primary N) is 1. The molecule has 0 spiro atoms. The smallest absolute Gasteiger partial charge is 0.0785 e. The van der Waals surface area contributed by atoms with Gasteiger partial charge in [0.05, 0.1) is 5.52 Å². The molecule has 3 heteroatoms. The molecule has 0 atom stereocenters. The highest BCUT2D eigenvalue weighted by Gasteiger charge is 2.02. The Kier molecular flexibility index (Phi) is 3.70. The van der Waals surface area contributed by atoms with Crippen LogP contribution in [0.3, 0.4) is 0 Å². The molecule has 1 aromatic heterocycles. The van der Waals surface area contributed by atoms with Gasteiger partial charge < -0.3 is 5.73 Å². The van der Waals surface area contributed by atoms with Crippen molar-refractivity contribution in [1.82, 2.24) is 4.98 Å².